The highest BCUT2D eigenvalue weighted by atomic mass is 79.9. The second-order valence-electron chi connectivity index (χ2n) is 4.07. The zero-order valence-corrected chi connectivity index (χ0v) is 10.8. The normalized spacial score (nSPS) is 19.3. The lowest BCUT2D eigenvalue weighted by atomic mass is 10.1. The molecule has 1 unspecified atom stereocenters. The number of hydrogen-bond donors (Lipinski definition) is 2. The third-order valence-electron chi connectivity index (χ3n) is 2.80. The molecule has 1 saturated heterocycles. The first-order valence-electron chi connectivity index (χ1n) is 5.18. The minimum atomic E-state index is -1.07. The van der Waals surface area contributed by atoms with Gasteiger partial charge in [-0.2, -0.15) is 0 Å². The fourth-order valence-electron chi connectivity index (χ4n) is 1.96. The van der Waals surface area contributed by atoms with Gasteiger partial charge in [0.05, 0.1) is 11.6 Å². The van der Waals surface area contributed by atoms with Gasteiger partial charge >= 0.3 is 5.97 Å². The average molecular weight is 317 g/mol. The van der Waals surface area contributed by atoms with Gasteiger partial charge in [0, 0.05) is 17.4 Å². The Kier molecular flexibility index (Phi) is 3.25. The van der Waals surface area contributed by atoms with Crippen LogP contribution in [0.3, 0.4) is 0 Å². The van der Waals surface area contributed by atoms with Gasteiger partial charge in [-0.05, 0) is 12.1 Å². The average Bonchev–Trinajstić information content (AvgIpc) is 2.59. The number of nitrogens with zero attached hydrogens (tertiary/aromatic N) is 1. The van der Waals surface area contributed by atoms with Crippen LogP contribution in [0.1, 0.15) is 6.42 Å². The Morgan fingerprint density at radius 3 is 2.72 bits per heavy atom. The van der Waals surface area contributed by atoms with Crippen LogP contribution < -0.4 is 10.6 Å². The molecule has 0 saturated carbocycles. The van der Waals surface area contributed by atoms with Crippen molar-refractivity contribution in [1.82, 2.24) is 0 Å². The van der Waals surface area contributed by atoms with Crippen LogP contribution in [0.4, 0.5) is 15.8 Å². The number of aliphatic carboxylic acids is 1. The van der Waals surface area contributed by atoms with Crippen molar-refractivity contribution in [2.24, 2.45) is 5.92 Å². The number of anilines is 2. The molecule has 96 valence electrons. The van der Waals surface area contributed by atoms with E-state index < -0.39 is 23.6 Å². The van der Waals surface area contributed by atoms with Gasteiger partial charge in [-0.15, -0.1) is 0 Å². The summed E-state index contributed by atoms with van der Waals surface area (Å²) in [5.41, 5.74) is 5.72. The standard InChI is InChI=1S/C11H10BrFN2O3/c12-6-2-7(13)10(8(14)3-6)15-4-5(11(17)18)1-9(15)16/h2-3,5H,1,4,14H2,(H,17,18). The van der Waals surface area contributed by atoms with Gasteiger partial charge in [0.25, 0.3) is 0 Å². The number of amides is 1. The minimum absolute atomic E-state index is 0.0491. The number of nitrogens with two attached hydrogens (primary N) is 1. The Labute approximate surface area is 111 Å². The van der Waals surface area contributed by atoms with Gasteiger partial charge < -0.3 is 15.7 Å². The molecule has 0 aromatic heterocycles. The lowest BCUT2D eigenvalue weighted by molar-refractivity contribution is -0.141. The van der Waals surface area contributed by atoms with E-state index in [9.17, 15) is 14.0 Å². The molecule has 1 aromatic carbocycles. The largest absolute Gasteiger partial charge is 0.481 e. The number of carbonyl (C=O) groups is 2. The molecule has 0 bridgehead atoms. The van der Waals surface area contributed by atoms with Crippen molar-refractivity contribution in [3.63, 3.8) is 0 Å². The molecule has 0 spiro atoms. The van der Waals surface area contributed by atoms with Gasteiger partial charge in [0.15, 0.2) is 0 Å². The number of rotatable bonds is 2. The van der Waals surface area contributed by atoms with Crippen LogP contribution in [0.15, 0.2) is 16.6 Å². The molecule has 1 fully saturated rings. The molecule has 1 aliphatic heterocycles. The molecular formula is C11H10BrFN2O3. The summed E-state index contributed by atoms with van der Waals surface area (Å²) in [7, 11) is 0. The zero-order chi connectivity index (χ0) is 13.4. The molecule has 1 amide bonds. The maximum atomic E-state index is 13.8. The van der Waals surface area contributed by atoms with Gasteiger partial charge in [-0.3, -0.25) is 9.59 Å². The first-order valence-corrected chi connectivity index (χ1v) is 5.97. The lowest BCUT2D eigenvalue weighted by Crippen LogP contribution is -2.27. The summed E-state index contributed by atoms with van der Waals surface area (Å²) < 4.78 is 14.3. The fraction of sp³-hybridized carbons (Fsp3) is 0.273. The molecule has 1 atom stereocenters. The number of carbonyl (C=O) groups excluding carboxylic acids is 1. The van der Waals surface area contributed by atoms with Gasteiger partial charge in [-0.1, -0.05) is 15.9 Å². The monoisotopic (exact) mass is 316 g/mol. The zero-order valence-electron chi connectivity index (χ0n) is 9.19. The summed E-state index contributed by atoms with van der Waals surface area (Å²) >= 11 is 3.09. The minimum Gasteiger partial charge on any atom is -0.481 e. The van der Waals surface area contributed by atoms with E-state index >= 15 is 0 Å². The highest BCUT2D eigenvalue weighted by molar-refractivity contribution is 9.10. The Morgan fingerprint density at radius 1 is 1.56 bits per heavy atom. The van der Waals surface area contributed by atoms with Crippen molar-refractivity contribution < 1.29 is 19.1 Å². The van der Waals surface area contributed by atoms with Crippen molar-refractivity contribution in [1.29, 1.82) is 0 Å². The molecule has 1 heterocycles. The molecule has 0 radical (unpaired) electrons. The lowest BCUT2D eigenvalue weighted by Gasteiger charge is -2.19. The number of halogens is 2. The van der Waals surface area contributed by atoms with Crippen molar-refractivity contribution >= 4 is 39.2 Å². The van der Waals surface area contributed by atoms with E-state index in [2.05, 4.69) is 15.9 Å². The van der Waals surface area contributed by atoms with E-state index in [1.54, 1.807) is 0 Å². The van der Waals surface area contributed by atoms with E-state index in [0.717, 1.165) is 4.90 Å². The highest BCUT2D eigenvalue weighted by Gasteiger charge is 2.37. The molecule has 18 heavy (non-hydrogen) atoms. The highest BCUT2D eigenvalue weighted by Crippen LogP contribution is 2.34. The molecule has 1 aliphatic rings. The van der Waals surface area contributed by atoms with Crippen LogP contribution >= 0.6 is 15.9 Å². The van der Waals surface area contributed by atoms with Crippen molar-refractivity contribution in [3.8, 4) is 0 Å². The predicted molar refractivity (Wildman–Crippen MR) is 66.6 cm³/mol. The SMILES string of the molecule is Nc1cc(Br)cc(F)c1N1CC(C(=O)O)CC1=O. The fourth-order valence-corrected chi connectivity index (χ4v) is 2.41. The summed E-state index contributed by atoms with van der Waals surface area (Å²) in [4.78, 5) is 23.6. The first-order chi connectivity index (χ1) is 8.40. The predicted octanol–water partition coefficient (Wildman–Crippen LogP) is 1.61. The van der Waals surface area contributed by atoms with Crippen LogP contribution in [0.5, 0.6) is 0 Å². The van der Waals surface area contributed by atoms with Crippen molar-refractivity contribution in [3.05, 3.63) is 22.4 Å². The summed E-state index contributed by atoms with van der Waals surface area (Å²) in [6.07, 6.45) is -0.135. The van der Waals surface area contributed by atoms with Gasteiger partial charge in [0.2, 0.25) is 5.91 Å². The molecule has 2 rings (SSSR count). The summed E-state index contributed by atoms with van der Waals surface area (Å²) in [5, 5.41) is 8.87. The topological polar surface area (TPSA) is 83.6 Å². The molecule has 7 heteroatoms. The number of nitrogen functional groups attached to an aromatic ring is 1. The van der Waals surface area contributed by atoms with E-state index in [1.165, 1.54) is 12.1 Å². The Balaban J connectivity index is 2.39. The second-order valence-corrected chi connectivity index (χ2v) is 4.98. The number of carboxylic acids is 1. The molecule has 1 aromatic rings. The molecular weight excluding hydrogens is 307 g/mol. The van der Waals surface area contributed by atoms with E-state index in [1.807, 2.05) is 0 Å². The maximum absolute atomic E-state index is 13.8. The van der Waals surface area contributed by atoms with Gasteiger partial charge in [-0.25, -0.2) is 4.39 Å². The summed E-state index contributed by atoms with van der Waals surface area (Å²) in [6, 6.07) is 2.66. The van der Waals surface area contributed by atoms with Crippen LogP contribution in [0.2, 0.25) is 0 Å². The van der Waals surface area contributed by atoms with Crippen LogP contribution in [0, 0.1) is 11.7 Å². The van der Waals surface area contributed by atoms with Gasteiger partial charge in [0.1, 0.15) is 11.5 Å². The van der Waals surface area contributed by atoms with E-state index in [0.29, 0.717) is 4.47 Å². The smallest absolute Gasteiger partial charge is 0.308 e. The molecule has 5 nitrogen and oxygen atoms in total. The Bertz CT molecular complexity index is 512. The third kappa shape index (κ3) is 2.17. The summed E-state index contributed by atoms with van der Waals surface area (Å²) in [5.74, 6) is -2.97. The van der Waals surface area contributed by atoms with Crippen LogP contribution in [-0.2, 0) is 9.59 Å². The summed E-state index contributed by atoms with van der Waals surface area (Å²) in [6.45, 7) is -0.0586. The third-order valence-corrected chi connectivity index (χ3v) is 3.26. The molecule has 3 N–H and O–H groups in total. The number of carboxylic acid groups (broad SMARTS) is 1. The van der Waals surface area contributed by atoms with E-state index in [-0.39, 0.29) is 24.3 Å². The number of benzene rings is 1. The van der Waals surface area contributed by atoms with Crippen molar-refractivity contribution in [2.45, 2.75) is 6.42 Å². The number of hydrogen-bond acceptors (Lipinski definition) is 3. The van der Waals surface area contributed by atoms with Crippen molar-refractivity contribution in [2.75, 3.05) is 17.2 Å². The van der Waals surface area contributed by atoms with Crippen LogP contribution in [-0.4, -0.2) is 23.5 Å². The maximum Gasteiger partial charge on any atom is 0.308 e. The van der Waals surface area contributed by atoms with E-state index in [4.69, 9.17) is 10.8 Å². The second kappa shape index (κ2) is 4.56. The molecule has 0 aliphatic carbocycles. The Morgan fingerprint density at radius 2 is 2.22 bits per heavy atom. The Hall–Kier alpha value is -1.63. The first kappa shape index (κ1) is 12.8. The quantitative estimate of drug-likeness (QED) is 0.812. The van der Waals surface area contributed by atoms with Crippen LogP contribution in [0.25, 0.3) is 0 Å².